The highest BCUT2D eigenvalue weighted by Gasteiger charge is 2.24. The van der Waals surface area contributed by atoms with Crippen LogP contribution in [-0.4, -0.2) is 13.1 Å². The summed E-state index contributed by atoms with van der Waals surface area (Å²) < 4.78 is 44.9. The maximum Gasteiger partial charge on any atom is 0.350 e. The molecule has 0 bridgehead atoms. The van der Waals surface area contributed by atoms with Gasteiger partial charge in [-0.25, -0.2) is 18.0 Å². The molecule has 2 aromatic rings. The first-order valence-electron chi connectivity index (χ1n) is 6.05. The molecule has 3 nitrogen and oxygen atoms in total. The third-order valence-electron chi connectivity index (χ3n) is 3.05. The Bertz CT molecular complexity index is 713. The summed E-state index contributed by atoms with van der Waals surface area (Å²) in [5.74, 6) is -4.78. The molecule has 1 aromatic heterocycles. The van der Waals surface area contributed by atoms with Gasteiger partial charge in [0.25, 0.3) is 0 Å². The van der Waals surface area contributed by atoms with Crippen molar-refractivity contribution in [3.63, 3.8) is 0 Å². The standard InChI is InChI=1S/C14H12F3NO2S/c1-3-6-11(18)13(14(19)20-2)21-12(6)7-4-5-8(15)10(17)9(7)16/h4-5H,3,18H2,1-2H3. The average molecular weight is 315 g/mol. The van der Waals surface area contributed by atoms with Crippen LogP contribution in [0, 0.1) is 17.5 Å². The first-order chi connectivity index (χ1) is 9.92. The summed E-state index contributed by atoms with van der Waals surface area (Å²) in [5.41, 5.74) is 6.42. The van der Waals surface area contributed by atoms with E-state index in [4.69, 9.17) is 5.73 Å². The molecule has 0 atom stereocenters. The second-order valence-electron chi connectivity index (χ2n) is 4.22. The van der Waals surface area contributed by atoms with Gasteiger partial charge in [0.1, 0.15) is 4.88 Å². The predicted octanol–water partition coefficient (Wildman–Crippen LogP) is 3.76. The fourth-order valence-electron chi connectivity index (χ4n) is 1.99. The van der Waals surface area contributed by atoms with Crippen molar-refractivity contribution >= 4 is 23.0 Å². The molecule has 0 amide bonds. The maximum atomic E-state index is 13.9. The molecule has 112 valence electrons. The Labute approximate surface area is 123 Å². The minimum absolute atomic E-state index is 0.119. The summed E-state index contributed by atoms with van der Waals surface area (Å²) in [6.45, 7) is 1.76. The van der Waals surface area contributed by atoms with Crippen LogP contribution < -0.4 is 5.73 Å². The number of halogens is 3. The van der Waals surface area contributed by atoms with E-state index in [0.29, 0.717) is 16.9 Å². The van der Waals surface area contributed by atoms with Crippen LogP contribution in [0.5, 0.6) is 0 Å². The van der Waals surface area contributed by atoms with Crippen LogP contribution >= 0.6 is 11.3 Å². The van der Waals surface area contributed by atoms with E-state index in [1.165, 1.54) is 7.11 Å². The van der Waals surface area contributed by atoms with E-state index in [1.807, 2.05) is 0 Å². The van der Waals surface area contributed by atoms with E-state index >= 15 is 0 Å². The molecule has 7 heteroatoms. The molecule has 0 aliphatic carbocycles. The monoisotopic (exact) mass is 315 g/mol. The molecule has 0 saturated carbocycles. The highest BCUT2D eigenvalue weighted by molar-refractivity contribution is 7.18. The fraction of sp³-hybridized carbons (Fsp3) is 0.214. The molecule has 0 unspecified atom stereocenters. The molecule has 0 fully saturated rings. The van der Waals surface area contributed by atoms with Gasteiger partial charge in [0, 0.05) is 10.4 Å². The minimum Gasteiger partial charge on any atom is -0.465 e. The molecule has 0 aliphatic heterocycles. The van der Waals surface area contributed by atoms with E-state index in [0.717, 1.165) is 23.5 Å². The largest absolute Gasteiger partial charge is 0.465 e. The summed E-state index contributed by atoms with van der Waals surface area (Å²) >= 11 is 0.897. The third kappa shape index (κ3) is 2.49. The van der Waals surface area contributed by atoms with Crippen molar-refractivity contribution in [3.05, 3.63) is 40.0 Å². The second-order valence-corrected chi connectivity index (χ2v) is 5.24. The fourth-order valence-corrected chi connectivity index (χ4v) is 3.24. The Morgan fingerprint density at radius 3 is 2.52 bits per heavy atom. The van der Waals surface area contributed by atoms with Crippen LogP contribution in [0.25, 0.3) is 10.4 Å². The lowest BCUT2D eigenvalue weighted by Gasteiger charge is -2.05. The minimum atomic E-state index is -1.55. The lowest BCUT2D eigenvalue weighted by Crippen LogP contribution is -2.02. The van der Waals surface area contributed by atoms with E-state index in [9.17, 15) is 18.0 Å². The quantitative estimate of drug-likeness (QED) is 0.693. The zero-order valence-electron chi connectivity index (χ0n) is 11.3. The van der Waals surface area contributed by atoms with Crippen LogP contribution in [0.15, 0.2) is 12.1 Å². The zero-order chi connectivity index (χ0) is 15.7. The van der Waals surface area contributed by atoms with Crippen molar-refractivity contribution in [2.24, 2.45) is 0 Å². The molecule has 0 aliphatic rings. The Morgan fingerprint density at radius 2 is 1.95 bits per heavy atom. The summed E-state index contributed by atoms with van der Waals surface area (Å²) in [4.78, 5) is 12.1. The number of nitrogen functional groups attached to an aromatic ring is 1. The van der Waals surface area contributed by atoms with Gasteiger partial charge < -0.3 is 10.5 Å². The van der Waals surface area contributed by atoms with E-state index in [-0.39, 0.29) is 16.1 Å². The number of ether oxygens (including phenoxy) is 1. The van der Waals surface area contributed by atoms with E-state index in [1.54, 1.807) is 6.92 Å². The summed E-state index contributed by atoms with van der Waals surface area (Å²) in [6.07, 6.45) is 0.410. The van der Waals surface area contributed by atoms with Crippen LogP contribution in [-0.2, 0) is 11.2 Å². The topological polar surface area (TPSA) is 52.3 Å². The number of anilines is 1. The summed E-state index contributed by atoms with van der Waals surface area (Å²) in [6, 6.07) is 1.96. The van der Waals surface area contributed by atoms with Gasteiger partial charge in [-0.3, -0.25) is 0 Å². The van der Waals surface area contributed by atoms with Gasteiger partial charge in [-0.1, -0.05) is 6.92 Å². The van der Waals surface area contributed by atoms with E-state index in [2.05, 4.69) is 4.74 Å². The number of carbonyl (C=O) groups excluding carboxylic acids is 1. The summed E-state index contributed by atoms with van der Waals surface area (Å²) in [5, 5.41) is 0. The van der Waals surface area contributed by atoms with Crippen LogP contribution in [0.4, 0.5) is 18.9 Å². The molecule has 0 spiro atoms. The molecule has 1 heterocycles. The molecular formula is C14H12F3NO2S. The molecule has 1 aromatic carbocycles. The smallest absolute Gasteiger partial charge is 0.350 e. The Balaban J connectivity index is 2.70. The van der Waals surface area contributed by atoms with Crippen LogP contribution in [0.3, 0.4) is 0 Å². The van der Waals surface area contributed by atoms with Crippen molar-refractivity contribution in [1.29, 1.82) is 0 Å². The number of carbonyl (C=O) groups is 1. The highest BCUT2D eigenvalue weighted by atomic mass is 32.1. The molecule has 0 radical (unpaired) electrons. The first-order valence-corrected chi connectivity index (χ1v) is 6.87. The first kappa shape index (κ1) is 15.4. The predicted molar refractivity (Wildman–Crippen MR) is 74.8 cm³/mol. The van der Waals surface area contributed by atoms with Crippen molar-refractivity contribution in [3.8, 4) is 10.4 Å². The van der Waals surface area contributed by atoms with Crippen LogP contribution in [0.1, 0.15) is 22.2 Å². The Kier molecular flexibility index (Phi) is 4.22. The van der Waals surface area contributed by atoms with Gasteiger partial charge in [-0.2, -0.15) is 0 Å². The number of esters is 1. The maximum absolute atomic E-state index is 13.9. The van der Waals surface area contributed by atoms with Gasteiger partial charge in [0.2, 0.25) is 0 Å². The highest BCUT2D eigenvalue weighted by Crippen LogP contribution is 2.41. The Hall–Kier alpha value is -2.02. The number of rotatable bonds is 3. The normalized spacial score (nSPS) is 10.7. The third-order valence-corrected chi connectivity index (χ3v) is 4.31. The lowest BCUT2D eigenvalue weighted by atomic mass is 10.1. The van der Waals surface area contributed by atoms with Crippen molar-refractivity contribution in [2.45, 2.75) is 13.3 Å². The number of hydrogen-bond donors (Lipinski definition) is 1. The second kappa shape index (κ2) is 5.77. The van der Waals surface area contributed by atoms with Gasteiger partial charge in [-0.15, -0.1) is 11.3 Å². The Morgan fingerprint density at radius 1 is 1.29 bits per heavy atom. The molecule has 21 heavy (non-hydrogen) atoms. The lowest BCUT2D eigenvalue weighted by molar-refractivity contribution is 0.0607. The molecule has 2 rings (SSSR count). The number of hydrogen-bond acceptors (Lipinski definition) is 4. The van der Waals surface area contributed by atoms with Crippen molar-refractivity contribution in [2.75, 3.05) is 12.8 Å². The number of benzene rings is 1. The van der Waals surface area contributed by atoms with E-state index < -0.39 is 23.4 Å². The van der Waals surface area contributed by atoms with Gasteiger partial charge >= 0.3 is 5.97 Å². The summed E-state index contributed by atoms with van der Waals surface area (Å²) in [7, 11) is 1.20. The molecular weight excluding hydrogens is 303 g/mol. The van der Waals surface area contributed by atoms with Gasteiger partial charge in [0.15, 0.2) is 17.5 Å². The van der Waals surface area contributed by atoms with Crippen molar-refractivity contribution in [1.82, 2.24) is 0 Å². The van der Waals surface area contributed by atoms with Crippen molar-refractivity contribution < 1.29 is 22.7 Å². The SMILES string of the molecule is CCc1c(-c2ccc(F)c(F)c2F)sc(C(=O)OC)c1N. The average Bonchev–Trinajstić information content (AvgIpc) is 2.80. The number of methoxy groups -OCH3 is 1. The zero-order valence-corrected chi connectivity index (χ0v) is 12.1. The molecule has 2 N–H and O–H groups in total. The molecule has 0 saturated heterocycles. The van der Waals surface area contributed by atoms with Crippen LogP contribution in [0.2, 0.25) is 0 Å². The number of nitrogens with two attached hydrogens (primary N) is 1. The number of thiophene rings is 1. The van der Waals surface area contributed by atoms with Gasteiger partial charge in [-0.05, 0) is 24.1 Å². The van der Waals surface area contributed by atoms with Gasteiger partial charge in [0.05, 0.1) is 12.8 Å².